The molecular weight excluding hydrogens is 429 g/mol. The fraction of sp³-hybridized carbons (Fsp3) is 0.353. The molecule has 0 fully saturated rings. The van der Waals surface area contributed by atoms with Crippen LogP contribution in [0.4, 0.5) is 0 Å². The van der Waals surface area contributed by atoms with Crippen molar-refractivity contribution in [3.63, 3.8) is 0 Å². The third kappa shape index (κ3) is 4.71. The third-order valence-electron chi connectivity index (χ3n) is 4.05. The monoisotopic (exact) mass is 453 g/mol. The Bertz CT molecular complexity index is 850. The molecule has 134 valence electrons. The number of nitrogens with one attached hydrogen (secondary N) is 3. The van der Waals surface area contributed by atoms with Gasteiger partial charge in [0.2, 0.25) is 0 Å². The Kier molecular flexibility index (Phi) is 6.80. The molecule has 0 aliphatic heterocycles. The maximum Gasteiger partial charge on any atom is 0.191 e. The van der Waals surface area contributed by atoms with Gasteiger partial charge in [0, 0.05) is 37.7 Å². The normalized spacial score (nSPS) is 11.4. The summed E-state index contributed by atoms with van der Waals surface area (Å²) >= 11 is 0. The molecule has 0 saturated heterocycles. The van der Waals surface area contributed by atoms with Crippen molar-refractivity contribution < 1.29 is 0 Å². The first-order valence-electron chi connectivity index (χ1n) is 8.01. The highest BCUT2D eigenvalue weighted by atomic mass is 127. The quantitative estimate of drug-likeness (QED) is 0.314. The maximum absolute atomic E-state index is 4.24. The Morgan fingerprint density at radius 1 is 1.32 bits per heavy atom. The number of halogens is 1. The molecule has 0 radical (unpaired) electrons. The van der Waals surface area contributed by atoms with E-state index in [2.05, 4.69) is 62.0 Å². The number of H-pyrrole nitrogens is 1. The van der Waals surface area contributed by atoms with Crippen LogP contribution in [0.3, 0.4) is 0 Å². The van der Waals surface area contributed by atoms with Crippen molar-refractivity contribution >= 4 is 40.8 Å². The minimum atomic E-state index is 0. The summed E-state index contributed by atoms with van der Waals surface area (Å²) in [5, 5.41) is 11.9. The van der Waals surface area contributed by atoms with E-state index in [4.69, 9.17) is 0 Å². The summed E-state index contributed by atoms with van der Waals surface area (Å²) in [7, 11) is 3.64. The molecule has 1 aromatic carbocycles. The van der Waals surface area contributed by atoms with Crippen molar-refractivity contribution in [3.05, 3.63) is 47.7 Å². The minimum Gasteiger partial charge on any atom is -0.361 e. The number of aromatic nitrogens is 4. The summed E-state index contributed by atoms with van der Waals surface area (Å²) in [5.41, 5.74) is 3.76. The van der Waals surface area contributed by atoms with Gasteiger partial charge < -0.3 is 15.6 Å². The van der Waals surface area contributed by atoms with Crippen molar-refractivity contribution in [2.75, 3.05) is 13.6 Å². The zero-order valence-electron chi connectivity index (χ0n) is 14.7. The Balaban J connectivity index is 0.00000225. The van der Waals surface area contributed by atoms with E-state index in [9.17, 15) is 0 Å². The van der Waals surface area contributed by atoms with Crippen LogP contribution >= 0.6 is 24.0 Å². The second kappa shape index (κ2) is 8.84. The fourth-order valence-corrected chi connectivity index (χ4v) is 2.69. The van der Waals surface area contributed by atoms with Crippen molar-refractivity contribution in [1.82, 2.24) is 30.4 Å². The molecule has 0 unspecified atom stereocenters. The summed E-state index contributed by atoms with van der Waals surface area (Å²) in [6.45, 7) is 3.50. The van der Waals surface area contributed by atoms with Gasteiger partial charge in [0.1, 0.15) is 12.2 Å². The summed E-state index contributed by atoms with van der Waals surface area (Å²) in [6, 6.07) is 6.50. The Morgan fingerprint density at radius 2 is 2.16 bits per heavy atom. The molecular formula is C17H24IN7. The van der Waals surface area contributed by atoms with Crippen LogP contribution in [0.1, 0.15) is 17.0 Å². The SMILES string of the molecule is CN=C(NCCc1c[nH]c2cc(C)ccc12)NCc1ncnn1C.I. The van der Waals surface area contributed by atoms with Crippen molar-refractivity contribution in [3.8, 4) is 0 Å². The van der Waals surface area contributed by atoms with Gasteiger partial charge in [0.05, 0.1) is 6.54 Å². The Labute approximate surface area is 164 Å². The number of benzene rings is 1. The van der Waals surface area contributed by atoms with Crippen LogP contribution in [-0.2, 0) is 20.0 Å². The van der Waals surface area contributed by atoms with Gasteiger partial charge in [0.15, 0.2) is 5.96 Å². The second-order valence-corrected chi connectivity index (χ2v) is 5.77. The lowest BCUT2D eigenvalue weighted by Gasteiger charge is -2.11. The molecule has 0 aliphatic carbocycles. The number of nitrogens with zero attached hydrogens (tertiary/aromatic N) is 4. The number of aromatic amines is 1. The van der Waals surface area contributed by atoms with Gasteiger partial charge in [0.25, 0.3) is 0 Å². The van der Waals surface area contributed by atoms with Crippen LogP contribution in [0.15, 0.2) is 35.7 Å². The van der Waals surface area contributed by atoms with Crippen LogP contribution in [0.2, 0.25) is 0 Å². The van der Waals surface area contributed by atoms with Crippen molar-refractivity contribution in [2.45, 2.75) is 19.9 Å². The van der Waals surface area contributed by atoms with Gasteiger partial charge in [-0.15, -0.1) is 24.0 Å². The molecule has 3 N–H and O–H groups in total. The molecule has 3 aromatic rings. The molecule has 7 nitrogen and oxygen atoms in total. The number of fused-ring (bicyclic) bond motifs is 1. The molecule has 0 bridgehead atoms. The zero-order chi connectivity index (χ0) is 16.9. The number of aryl methyl sites for hydroxylation is 2. The molecule has 0 atom stereocenters. The van der Waals surface area contributed by atoms with Crippen molar-refractivity contribution in [1.29, 1.82) is 0 Å². The first-order chi connectivity index (χ1) is 11.7. The number of aliphatic imine (C=N–C) groups is 1. The van der Waals surface area contributed by atoms with Crippen LogP contribution in [-0.4, -0.2) is 39.3 Å². The summed E-state index contributed by atoms with van der Waals surface area (Å²) in [6.07, 6.45) is 4.56. The standard InChI is InChI=1S/C17H23N7.HI/c1-12-4-5-14-13(9-20-15(14)8-12)6-7-19-17(18-2)21-10-16-22-11-23-24(16)3;/h4-5,8-9,11,20H,6-7,10H2,1-3H3,(H2,18,19,21);1H. The number of guanidine groups is 1. The molecule has 2 aromatic heterocycles. The molecule has 0 spiro atoms. The average molecular weight is 453 g/mol. The predicted molar refractivity (Wildman–Crippen MR) is 111 cm³/mol. The number of rotatable bonds is 5. The Morgan fingerprint density at radius 3 is 2.88 bits per heavy atom. The van der Waals surface area contributed by atoms with Gasteiger partial charge in [-0.3, -0.25) is 9.67 Å². The fourth-order valence-electron chi connectivity index (χ4n) is 2.69. The molecule has 25 heavy (non-hydrogen) atoms. The van der Waals surface area contributed by atoms with E-state index in [0.29, 0.717) is 6.54 Å². The third-order valence-corrected chi connectivity index (χ3v) is 4.05. The highest BCUT2D eigenvalue weighted by Crippen LogP contribution is 2.19. The average Bonchev–Trinajstić information content (AvgIpc) is 3.16. The smallest absolute Gasteiger partial charge is 0.191 e. The van der Waals surface area contributed by atoms with E-state index in [1.807, 2.05) is 7.05 Å². The molecule has 8 heteroatoms. The van der Waals surface area contributed by atoms with E-state index in [1.54, 1.807) is 18.1 Å². The molecule has 0 amide bonds. The van der Waals surface area contributed by atoms with E-state index in [1.165, 1.54) is 22.0 Å². The van der Waals surface area contributed by atoms with Gasteiger partial charge in [-0.25, -0.2) is 4.98 Å². The highest BCUT2D eigenvalue weighted by Gasteiger charge is 2.05. The second-order valence-electron chi connectivity index (χ2n) is 5.77. The van der Waals surface area contributed by atoms with Crippen molar-refractivity contribution in [2.24, 2.45) is 12.0 Å². The number of hydrogen-bond acceptors (Lipinski definition) is 3. The maximum atomic E-state index is 4.24. The van der Waals surface area contributed by atoms with Crippen LogP contribution in [0, 0.1) is 6.92 Å². The lowest BCUT2D eigenvalue weighted by molar-refractivity contribution is 0.672. The summed E-state index contributed by atoms with van der Waals surface area (Å²) < 4.78 is 1.74. The zero-order valence-corrected chi connectivity index (χ0v) is 17.0. The lowest BCUT2D eigenvalue weighted by Crippen LogP contribution is -2.38. The van der Waals surface area contributed by atoms with Gasteiger partial charge in [-0.1, -0.05) is 12.1 Å². The first-order valence-corrected chi connectivity index (χ1v) is 8.01. The van der Waals surface area contributed by atoms with E-state index in [-0.39, 0.29) is 24.0 Å². The molecule has 0 aliphatic rings. The summed E-state index contributed by atoms with van der Waals surface area (Å²) in [4.78, 5) is 11.8. The molecule has 2 heterocycles. The Hall–Kier alpha value is -2.10. The summed E-state index contributed by atoms with van der Waals surface area (Å²) in [5.74, 6) is 1.62. The van der Waals surface area contributed by atoms with Crippen LogP contribution in [0.5, 0.6) is 0 Å². The molecule has 0 saturated carbocycles. The van der Waals surface area contributed by atoms with Crippen LogP contribution in [0.25, 0.3) is 10.9 Å². The largest absolute Gasteiger partial charge is 0.361 e. The van der Waals surface area contributed by atoms with E-state index < -0.39 is 0 Å². The van der Waals surface area contributed by atoms with Gasteiger partial charge >= 0.3 is 0 Å². The van der Waals surface area contributed by atoms with Crippen LogP contribution < -0.4 is 10.6 Å². The minimum absolute atomic E-state index is 0. The van der Waals surface area contributed by atoms with Gasteiger partial charge in [-0.05, 0) is 30.5 Å². The van der Waals surface area contributed by atoms with E-state index in [0.717, 1.165) is 24.7 Å². The topological polar surface area (TPSA) is 82.9 Å². The first kappa shape index (κ1) is 19.2. The van der Waals surface area contributed by atoms with Gasteiger partial charge in [-0.2, -0.15) is 5.10 Å². The lowest BCUT2D eigenvalue weighted by atomic mass is 10.1. The number of hydrogen-bond donors (Lipinski definition) is 3. The van der Waals surface area contributed by atoms with E-state index >= 15 is 0 Å². The highest BCUT2D eigenvalue weighted by molar-refractivity contribution is 14.0. The predicted octanol–water partition coefficient (Wildman–Crippen LogP) is 2.13. The molecule has 3 rings (SSSR count).